The SMILES string of the molecule is COC(=O)C1=C(C)N(c2cccc(C(F)(F)F)c2)c2n[nH]c(=O)n2[C@@H]1c1ccc(C#N)cc1CC[n+]1cccc(COC=O)c1. The molecule has 45 heavy (non-hydrogen) atoms. The van der Waals surface area contributed by atoms with Crippen molar-refractivity contribution in [1.29, 1.82) is 5.26 Å². The number of fused-ring (bicyclic) bond motifs is 1. The average molecular weight is 620 g/mol. The van der Waals surface area contributed by atoms with Gasteiger partial charge in [0.15, 0.2) is 18.9 Å². The third-order valence-electron chi connectivity index (χ3n) is 7.42. The van der Waals surface area contributed by atoms with Crippen molar-refractivity contribution in [2.75, 3.05) is 12.0 Å². The van der Waals surface area contributed by atoms with Gasteiger partial charge in [-0.25, -0.2) is 23.8 Å². The normalized spacial score (nSPS) is 14.5. The molecule has 0 spiro atoms. The molecule has 1 aliphatic heterocycles. The van der Waals surface area contributed by atoms with Gasteiger partial charge in [-0.1, -0.05) is 12.1 Å². The van der Waals surface area contributed by atoms with Crippen LogP contribution in [0.15, 0.2) is 83.1 Å². The van der Waals surface area contributed by atoms with Gasteiger partial charge in [0, 0.05) is 23.9 Å². The molecule has 1 aliphatic rings. The van der Waals surface area contributed by atoms with Crippen molar-refractivity contribution in [2.45, 2.75) is 38.7 Å². The molecule has 11 nitrogen and oxygen atoms in total. The van der Waals surface area contributed by atoms with Crippen molar-refractivity contribution in [1.82, 2.24) is 14.8 Å². The van der Waals surface area contributed by atoms with Gasteiger partial charge in [0.2, 0.25) is 5.95 Å². The highest BCUT2D eigenvalue weighted by molar-refractivity contribution is 5.93. The Bertz CT molecular complexity index is 1910. The van der Waals surface area contributed by atoms with E-state index in [2.05, 4.69) is 16.3 Å². The number of anilines is 2. The van der Waals surface area contributed by atoms with E-state index < -0.39 is 29.4 Å². The van der Waals surface area contributed by atoms with Crippen LogP contribution in [0.2, 0.25) is 0 Å². The molecule has 0 aliphatic carbocycles. The highest BCUT2D eigenvalue weighted by Gasteiger charge is 2.41. The number of hydrogen-bond acceptors (Lipinski definition) is 8. The molecular formula is C31H26F3N6O5+. The molecule has 5 rings (SSSR count). The first-order valence-corrected chi connectivity index (χ1v) is 13.6. The predicted octanol–water partition coefficient (Wildman–Crippen LogP) is 3.85. The van der Waals surface area contributed by atoms with Crippen LogP contribution in [-0.2, 0) is 44.8 Å². The fourth-order valence-electron chi connectivity index (χ4n) is 5.42. The number of benzene rings is 2. The van der Waals surface area contributed by atoms with E-state index in [9.17, 15) is 32.8 Å². The van der Waals surface area contributed by atoms with E-state index in [1.165, 1.54) is 35.6 Å². The third-order valence-corrected chi connectivity index (χ3v) is 7.42. The van der Waals surface area contributed by atoms with Crippen LogP contribution >= 0.6 is 0 Å². The van der Waals surface area contributed by atoms with Crippen LogP contribution in [0, 0.1) is 11.3 Å². The van der Waals surface area contributed by atoms with Crippen LogP contribution in [0.1, 0.15) is 40.8 Å². The lowest BCUT2D eigenvalue weighted by molar-refractivity contribution is -0.697. The van der Waals surface area contributed by atoms with Gasteiger partial charge < -0.3 is 9.47 Å². The minimum atomic E-state index is -4.64. The Hall–Kier alpha value is -5.71. The largest absolute Gasteiger partial charge is 0.466 e. The molecule has 3 heterocycles. The van der Waals surface area contributed by atoms with E-state index in [1.54, 1.807) is 36.5 Å². The van der Waals surface area contributed by atoms with Crippen LogP contribution in [-0.4, -0.2) is 34.3 Å². The van der Waals surface area contributed by atoms with E-state index in [-0.39, 0.29) is 29.5 Å². The molecular weight excluding hydrogens is 593 g/mol. The maximum absolute atomic E-state index is 13.6. The summed E-state index contributed by atoms with van der Waals surface area (Å²) in [7, 11) is 1.17. The number of nitriles is 1. The summed E-state index contributed by atoms with van der Waals surface area (Å²) in [4.78, 5) is 38.7. The zero-order valence-electron chi connectivity index (χ0n) is 24.0. The number of aromatic nitrogens is 4. The van der Waals surface area contributed by atoms with Crippen LogP contribution in [0.4, 0.5) is 24.8 Å². The van der Waals surface area contributed by atoms with Gasteiger partial charge in [-0.15, -0.1) is 5.10 Å². The summed E-state index contributed by atoms with van der Waals surface area (Å²) in [6.45, 7) is 2.38. The van der Waals surface area contributed by atoms with E-state index in [0.29, 0.717) is 36.1 Å². The van der Waals surface area contributed by atoms with E-state index in [1.807, 2.05) is 10.8 Å². The number of nitrogens with zero attached hydrogens (tertiary/aromatic N) is 5. The summed E-state index contributed by atoms with van der Waals surface area (Å²) < 4.78 is 53.9. The Morgan fingerprint density at radius 1 is 1.20 bits per heavy atom. The minimum Gasteiger partial charge on any atom is -0.466 e. The second-order valence-corrected chi connectivity index (χ2v) is 10.1. The highest BCUT2D eigenvalue weighted by atomic mass is 19.4. The molecule has 0 fully saturated rings. The number of nitrogens with one attached hydrogen (secondary N) is 1. The molecule has 14 heteroatoms. The monoisotopic (exact) mass is 619 g/mol. The number of halogens is 3. The molecule has 1 atom stereocenters. The zero-order chi connectivity index (χ0) is 32.3. The summed E-state index contributed by atoms with van der Waals surface area (Å²) in [5.41, 5.74) is 0.790. The lowest BCUT2D eigenvalue weighted by Gasteiger charge is -2.36. The number of aryl methyl sites for hydroxylation is 2. The van der Waals surface area contributed by atoms with Gasteiger partial charge >= 0.3 is 17.8 Å². The first-order chi connectivity index (χ1) is 21.6. The first kappa shape index (κ1) is 30.7. The summed E-state index contributed by atoms with van der Waals surface area (Å²) in [6.07, 6.45) is -0.683. The van der Waals surface area contributed by atoms with Gasteiger partial charge in [0.05, 0.1) is 35.4 Å². The Morgan fingerprint density at radius 3 is 2.71 bits per heavy atom. The number of carbonyl (C=O) groups is 2. The summed E-state index contributed by atoms with van der Waals surface area (Å²) in [5, 5.41) is 16.2. The van der Waals surface area contributed by atoms with Gasteiger partial charge in [-0.2, -0.15) is 18.4 Å². The highest BCUT2D eigenvalue weighted by Crippen LogP contribution is 2.43. The number of ether oxygens (including phenoxy) is 2. The molecule has 0 unspecified atom stereocenters. The van der Waals surface area contributed by atoms with Crippen LogP contribution < -0.4 is 15.2 Å². The van der Waals surface area contributed by atoms with Crippen LogP contribution in [0.3, 0.4) is 0 Å². The number of hydrogen-bond donors (Lipinski definition) is 1. The van der Waals surface area contributed by atoms with Crippen molar-refractivity contribution in [3.8, 4) is 6.07 Å². The van der Waals surface area contributed by atoms with Crippen molar-refractivity contribution < 1.29 is 36.8 Å². The lowest BCUT2D eigenvalue weighted by atomic mass is 9.89. The summed E-state index contributed by atoms with van der Waals surface area (Å²) in [6, 6.07) is 13.9. The average Bonchev–Trinajstić information content (AvgIpc) is 3.42. The van der Waals surface area contributed by atoms with Crippen molar-refractivity contribution in [2.24, 2.45) is 0 Å². The number of pyridine rings is 1. The van der Waals surface area contributed by atoms with Gasteiger partial charge in [-0.3, -0.25) is 9.69 Å². The van der Waals surface area contributed by atoms with Gasteiger partial charge in [0.25, 0.3) is 6.47 Å². The van der Waals surface area contributed by atoms with Crippen molar-refractivity contribution in [3.05, 3.63) is 117 Å². The lowest BCUT2D eigenvalue weighted by Crippen LogP contribution is -2.38. The Morgan fingerprint density at radius 2 is 2.00 bits per heavy atom. The summed E-state index contributed by atoms with van der Waals surface area (Å²) >= 11 is 0. The fourth-order valence-corrected chi connectivity index (χ4v) is 5.42. The molecule has 0 amide bonds. The second kappa shape index (κ2) is 12.5. The maximum atomic E-state index is 13.6. The number of esters is 1. The Balaban J connectivity index is 1.65. The molecule has 2 aromatic carbocycles. The topological polar surface area (TPSA) is 134 Å². The fraction of sp³-hybridized carbons (Fsp3) is 0.226. The zero-order valence-corrected chi connectivity index (χ0v) is 24.0. The Labute approximate surface area is 254 Å². The smallest absolute Gasteiger partial charge is 0.416 e. The number of alkyl halides is 3. The predicted molar refractivity (Wildman–Crippen MR) is 152 cm³/mol. The number of methoxy groups -OCH3 is 1. The number of allylic oxidation sites excluding steroid dienone is 1. The second-order valence-electron chi connectivity index (χ2n) is 10.1. The van der Waals surface area contributed by atoms with Gasteiger partial charge in [0.1, 0.15) is 12.6 Å². The van der Waals surface area contributed by atoms with Crippen LogP contribution in [0.25, 0.3) is 0 Å². The molecule has 0 bridgehead atoms. The van der Waals surface area contributed by atoms with Crippen molar-refractivity contribution in [3.63, 3.8) is 0 Å². The molecule has 0 radical (unpaired) electrons. The molecule has 0 saturated carbocycles. The Kier molecular flexibility index (Phi) is 8.53. The quantitative estimate of drug-likeness (QED) is 0.170. The maximum Gasteiger partial charge on any atom is 0.416 e. The molecule has 230 valence electrons. The van der Waals surface area contributed by atoms with Crippen molar-refractivity contribution >= 4 is 24.1 Å². The third kappa shape index (κ3) is 6.05. The van der Waals surface area contributed by atoms with Crippen LogP contribution in [0.5, 0.6) is 0 Å². The first-order valence-electron chi connectivity index (χ1n) is 13.6. The number of H-pyrrole nitrogens is 1. The van der Waals surface area contributed by atoms with E-state index in [4.69, 9.17) is 9.47 Å². The van der Waals surface area contributed by atoms with E-state index in [0.717, 1.165) is 17.7 Å². The van der Waals surface area contributed by atoms with Gasteiger partial charge in [-0.05, 0) is 54.4 Å². The molecule has 4 aromatic rings. The number of rotatable bonds is 9. The molecule has 0 saturated heterocycles. The molecule has 2 aromatic heterocycles. The van der Waals surface area contributed by atoms with E-state index >= 15 is 0 Å². The number of aromatic amines is 1. The standard InChI is InChI=1S/C31H25F3N6O5/c1-19-26(28(42)44-2)27(40-29(36-37-30(40)43)39(19)24-7-3-6-23(14-24)31(32,33)34)25-9-8-20(15-35)13-22(25)10-12-38-11-4-5-21(16-38)17-45-18-41/h3-9,11,13-14,16,18,27H,10,12,17H2,1-2H3/p+1/t27-/m1/s1. The minimum absolute atomic E-state index is 0.00229. The summed E-state index contributed by atoms with van der Waals surface area (Å²) in [5.74, 6) is -0.845. The number of carbonyl (C=O) groups excluding carboxylic acids is 2. The molecule has 1 N–H and O–H groups in total.